The number of hydrogen-bond acceptors (Lipinski definition) is 3. The third-order valence-corrected chi connectivity index (χ3v) is 4.72. The smallest absolute Gasteiger partial charge is 0.191 e. The highest BCUT2D eigenvalue weighted by molar-refractivity contribution is 5.80. The molecule has 25 heavy (non-hydrogen) atoms. The first kappa shape index (κ1) is 15.6. The van der Waals surface area contributed by atoms with Gasteiger partial charge >= 0.3 is 0 Å². The molecule has 0 aliphatic heterocycles. The van der Waals surface area contributed by atoms with Crippen LogP contribution in [0.4, 0.5) is 0 Å². The first-order valence-electron chi connectivity index (χ1n) is 8.57. The average Bonchev–Trinajstić information content (AvgIpc) is 3.28. The van der Waals surface area contributed by atoms with E-state index in [4.69, 9.17) is 0 Å². The normalized spacial score (nSPS) is 19.8. The van der Waals surface area contributed by atoms with Crippen molar-refractivity contribution < 1.29 is 0 Å². The highest BCUT2D eigenvalue weighted by atomic mass is 15.3. The van der Waals surface area contributed by atoms with E-state index in [9.17, 15) is 0 Å². The van der Waals surface area contributed by atoms with Crippen molar-refractivity contribution in [3.63, 3.8) is 0 Å². The van der Waals surface area contributed by atoms with Gasteiger partial charge in [0, 0.05) is 25.2 Å². The van der Waals surface area contributed by atoms with Gasteiger partial charge < -0.3 is 10.6 Å². The summed E-state index contributed by atoms with van der Waals surface area (Å²) in [5.74, 6) is 2.23. The molecule has 0 amide bonds. The predicted molar refractivity (Wildman–Crippen MR) is 98.6 cm³/mol. The van der Waals surface area contributed by atoms with Crippen LogP contribution >= 0.6 is 0 Å². The molecule has 3 aromatic rings. The Morgan fingerprint density at radius 3 is 2.88 bits per heavy atom. The lowest BCUT2D eigenvalue weighted by Crippen LogP contribution is -2.39. The summed E-state index contributed by atoms with van der Waals surface area (Å²) in [5, 5.41) is 15.3. The quantitative estimate of drug-likeness (QED) is 0.567. The molecule has 0 saturated heterocycles. The van der Waals surface area contributed by atoms with Crippen LogP contribution in [0.3, 0.4) is 0 Å². The predicted octanol–water partition coefficient (Wildman–Crippen LogP) is 2.26. The topological polar surface area (TPSA) is 66.6 Å². The number of nitrogens with one attached hydrogen (secondary N) is 2. The maximum atomic E-state index is 4.34. The zero-order chi connectivity index (χ0) is 17.2. The Bertz CT molecular complexity index is 913. The monoisotopic (exact) mass is 334 g/mol. The van der Waals surface area contributed by atoms with Crippen molar-refractivity contribution in [3.8, 4) is 0 Å². The molecule has 1 aliphatic carbocycles. The van der Waals surface area contributed by atoms with Crippen LogP contribution in [0.2, 0.25) is 0 Å². The van der Waals surface area contributed by atoms with Crippen LogP contribution in [0.25, 0.3) is 5.65 Å². The largest absolute Gasteiger partial charge is 0.353 e. The molecule has 0 radical (unpaired) electrons. The molecule has 0 spiro atoms. The van der Waals surface area contributed by atoms with Gasteiger partial charge in [-0.25, -0.2) is 0 Å². The van der Waals surface area contributed by atoms with Crippen molar-refractivity contribution in [2.24, 2.45) is 4.99 Å². The Labute approximate surface area is 147 Å². The standard InChI is InChI=1S/C19H22N6/c1-13-7-3-4-8-14(13)15-11-16(15)22-19(20-2)21-12-18-24-23-17-9-5-6-10-25(17)18/h3-10,15-16H,11-12H2,1-2H3,(H2,20,21,22). The van der Waals surface area contributed by atoms with E-state index in [1.165, 1.54) is 11.1 Å². The average molecular weight is 334 g/mol. The summed E-state index contributed by atoms with van der Waals surface area (Å²) in [5.41, 5.74) is 3.64. The first-order valence-corrected chi connectivity index (χ1v) is 8.57. The molecule has 2 unspecified atom stereocenters. The van der Waals surface area contributed by atoms with Gasteiger partial charge in [-0.3, -0.25) is 9.39 Å². The number of hydrogen-bond donors (Lipinski definition) is 2. The van der Waals surface area contributed by atoms with Gasteiger partial charge in [0.25, 0.3) is 0 Å². The minimum absolute atomic E-state index is 0.433. The van der Waals surface area contributed by atoms with Crippen molar-refractivity contribution in [2.45, 2.75) is 31.8 Å². The van der Waals surface area contributed by atoms with E-state index in [0.717, 1.165) is 23.9 Å². The molecule has 6 heteroatoms. The molecule has 128 valence electrons. The number of guanidine groups is 1. The second-order valence-electron chi connectivity index (χ2n) is 6.42. The molecular formula is C19H22N6. The number of pyridine rings is 1. The summed E-state index contributed by atoms with van der Waals surface area (Å²) in [6.07, 6.45) is 3.11. The third kappa shape index (κ3) is 3.20. The van der Waals surface area contributed by atoms with Gasteiger partial charge in [-0.2, -0.15) is 0 Å². The summed E-state index contributed by atoms with van der Waals surface area (Å²) in [4.78, 5) is 4.34. The van der Waals surface area contributed by atoms with Crippen molar-refractivity contribution in [3.05, 3.63) is 65.6 Å². The van der Waals surface area contributed by atoms with Gasteiger partial charge in [0.05, 0.1) is 6.54 Å². The minimum atomic E-state index is 0.433. The summed E-state index contributed by atoms with van der Waals surface area (Å²) in [6, 6.07) is 14.9. The molecule has 1 aliphatic rings. The zero-order valence-electron chi connectivity index (χ0n) is 14.5. The lowest BCUT2D eigenvalue weighted by Gasteiger charge is -2.12. The molecule has 1 aromatic carbocycles. The first-order chi connectivity index (χ1) is 12.3. The van der Waals surface area contributed by atoms with Gasteiger partial charge in [-0.05, 0) is 36.6 Å². The third-order valence-electron chi connectivity index (χ3n) is 4.72. The van der Waals surface area contributed by atoms with Gasteiger partial charge in [-0.15, -0.1) is 10.2 Å². The van der Waals surface area contributed by atoms with Crippen molar-refractivity contribution in [1.82, 2.24) is 25.2 Å². The number of nitrogens with zero attached hydrogens (tertiary/aromatic N) is 4. The molecule has 0 bridgehead atoms. The molecular weight excluding hydrogens is 312 g/mol. The number of rotatable bonds is 4. The van der Waals surface area contributed by atoms with E-state index < -0.39 is 0 Å². The minimum Gasteiger partial charge on any atom is -0.353 e. The van der Waals surface area contributed by atoms with Crippen molar-refractivity contribution in [2.75, 3.05) is 7.05 Å². The van der Waals surface area contributed by atoms with Crippen LogP contribution < -0.4 is 10.6 Å². The Kier molecular flexibility index (Phi) is 4.09. The Hall–Kier alpha value is -2.89. The van der Waals surface area contributed by atoms with Crippen LogP contribution in [-0.4, -0.2) is 33.6 Å². The number of aryl methyl sites for hydroxylation is 1. The fourth-order valence-electron chi connectivity index (χ4n) is 3.25. The Morgan fingerprint density at radius 2 is 2.04 bits per heavy atom. The van der Waals surface area contributed by atoms with Gasteiger partial charge in [0.2, 0.25) is 0 Å². The van der Waals surface area contributed by atoms with Gasteiger partial charge in [0.1, 0.15) is 0 Å². The molecule has 2 heterocycles. The van der Waals surface area contributed by atoms with E-state index in [1.807, 2.05) is 28.8 Å². The molecule has 2 atom stereocenters. The van der Waals surface area contributed by atoms with Crippen molar-refractivity contribution >= 4 is 11.6 Å². The summed E-state index contributed by atoms with van der Waals surface area (Å²) >= 11 is 0. The Morgan fingerprint density at radius 1 is 1.20 bits per heavy atom. The maximum absolute atomic E-state index is 4.34. The lowest BCUT2D eigenvalue weighted by molar-refractivity contribution is 0.753. The van der Waals surface area contributed by atoms with E-state index in [2.05, 4.69) is 57.0 Å². The summed E-state index contributed by atoms with van der Waals surface area (Å²) in [6.45, 7) is 2.75. The van der Waals surface area contributed by atoms with E-state index >= 15 is 0 Å². The van der Waals surface area contributed by atoms with Crippen LogP contribution in [-0.2, 0) is 6.54 Å². The summed E-state index contributed by atoms with van der Waals surface area (Å²) < 4.78 is 1.98. The van der Waals surface area contributed by atoms with E-state index in [-0.39, 0.29) is 0 Å². The molecule has 2 N–H and O–H groups in total. The van der Waals surface area contributed by atoms with Crippen LogP contribution in [0.15, 0.2) is 53.7 Å². The molecule has 6 nitrogen and oxygen atoms in total. The summed E-state index contributed by atoms with van der Waals surface area (Å²) in [7, 11) is 1.79. The fourth-order valence-corrected chi connectivity index (χ4v) is 3.25. The van der Waals surface area contributed by atoms with E-state index in [1.54, 1.807) is 7.05 Å². The molecule has 1 fully saturated rings. The lowest BCUT2D eigenvalue weighted by atomic mass is 10.0. The van der Waals surface area contributed by atoms with Crippen LogP contribution in [0.1, 0.15) is 29.3 Å². The Balaban J connectivity index is 1.37. The molecule has 2 aromatic heterocycles. The van der Waals surface area contributed by atoms with Crippen molar-refractivity contribution in [1.29, 1.82) is 0 Å². The number of aliphatic imine (C=N–C) groups is 1. The maximum Gasteiger partial charge on any atom is 0.191 e. The highest BCUT2D eigenvalue weighted by Crippen LogP contribution is 2.41. The zero-order valence-corrected chi connectivity index (χ0v) is 14.5. The van der Waals surface area contributed by atoms with Crippen LogP contribution in [0.5, 0.6) is 0 Å². The SMILES string of the molecule is CN=C(NCc1nnc2ccccn12)NC1CC1c1ccccc1C. The van der Waals surface area contributed by atoms with Gasteiger partial charge in [-0.1, -0.05) is 30.3 Å². The fraction of sp³-hybridized carbons (Fsp3) is 0.316. The molecule has 1 saturated carbocycles. The second-order valence-corrected chi connectivity index (χ2v) is 6.42. The van der Waals surface area contributed by atoms with Crippen LogP contribution in [0, 0.1) is 6.92 Å². The van der Waals surface area contributed by atoms with Gasteiger partial charge in [0.15, 0.2) is 17.4 Å². The highest BCUT2D eigenvalue weighted by Gasteiger charge is 2.39. The number of fused-ring (bicyclic) bond motifs is 1. The second kappa shape index (κ2) is 6.55. The number of benzene rings is 1. The number of aromatic nitrogens is 3. The van der Waals surface area contributed by atoms with E-state index in [0.29, 0.717) is 18.5 Å². The molecule has 4 rings (SSSR count).